The van der Waals surface area contributed by atoms with Crippen molar-refractivity contribution in [1.29, 1.82) is 32.5 Å². The Kier molecular flexibility index (Phi) is 22.6. The molecule has 4 aromatic carbocycles. The van der Waals surface area contributed by atoms with E-state index in [0.29, 0.717) is 18.2 Å². The highest BCUT2D eigenvalue weighted by Gasteiger charge is 2.31. The summed E-state index contributed by atoms with van der Waals surface area (Å²) in [5.74, 6) is -16.3. The number of fused-ring (bicyclic) bond motifs is 3. The fourth-order valence-corrected chi connectivity index (χ4v) is 13.0. The van der Waals surface area contributed by atoms with Crippen molar-refractivity contribution in [2.45, 2.75) is 0 Å². The Morgan fingerprint density at radius 3 is 1.03 bits per heavy atom. The van der Waals surface area contributed by atoms with Gasteiger partial charge in [-0.2, -0.15) is 0 Å². The summed E-state index contributed by atoms with van der Waals surface area (Å²) < 4.78 is 138. The third-order valence-electron chi connectivity index (χ3n) is 18.7. The average molecular weight is 1560 g/mol. The molecule has 0 atom stereocenters. The Labute approximate surface area is 625 Å². The number of hydrogen-bond acceptors (Lipinski definition) is 18. The van der Waals surface area contributed by atoms with Gasteiger partial charge in [-0.3, -0.25) is 76.8 Å². The summed E-state index contributed by atoms with van der Waals surface area (Å²) in [6.07, 6.45) is 2.49. The van der Waals surface area contributed by atoms with Crippen molar-refractivity contribution in [1.82, 2.24) is 75.2 Å². The highest BCUT2D eigenvalue weighted by atomic mass is 19.2. The minimum atomic E-state index is -1.69. The monoisotopic (exact) mass is 1560 g/mol. The quantitative estimate of drug-likeness (QED) is 0.0328. The van der Waals surface area contributed by atoms with Gasteiger partial charge in [0.2, 0.25) is 16.3 Å². The van der Waals surface area contributed by atoms with E-state index in [2.05, 4.69) is 41.9 Å². The van der Waals surface area contributed by atoms with E-state index in [9.17, 15) is 57.3 Å². The maximum atomic E-state index is 16.0. The van der Waals surface area contributed by atoms with Crippen LogP contribution < -0.4 is 62.9 Å². The van der Waals surface area contributed by atoms with E-state index >= 15 is 26.3 Å². The highest BCUT2D eigenvalue weighted by Crippen LogP contribution is 2.32. The van der Waals surface area contributed by atoms with Crippen LogP contribution in [0.5, 0.6) is 0 Å². The molecule has 8 heterocycles. The SMILES string of the molecule is N=C(NCCN(CCNC(=N)NC(=N)N1CCN(c2nc3c(cc2F)c(=O)c(C(=O)O)cn3-c2ccc(F)cc2F)CC1)CCNC(=N)NC(=N)N1CCN(c2nc3c(cc2F)c(=O)c(C(=O)O)cn3-c2ccc(F)cc2F)CC1)NC(=N)N1CCN(c2cc3c(cc2F)c(=O)c(C(=O)O)cn3-c2ccc(F)cc2F)CC1. The number of carboxylic acid groups (broad SMARTS) is 3. The molecule has 42 heteroatoms. The normalized spacial score (nSPS) is 13.9. The van der Waals surface area contributed by atoms with Crippen LogP contribution in [-0.4, -0.2) is 230 Å². The van der Waals surface area contributed by atoms with Gasteiger partial charge in [0, 0.05) is 160 Å². The molecule has 5 aromatic heterocycles. The van der Waals surface area contributed by atoms with Crippen molar-refractivity contribution in [2.75, 3.05) is 133 Å². The molecular weight excluding hydrogens is 1490 g/mol. The summed E-state index contributed by atoms with van der Waals surface area (Å²) >= 11 is 0. The Morgan fingerprint density at radius 2 is 0.688 bits per heavy atom. The second-order valence-corrected chi connectivity index (χ2v) is 25.7. The zero-order chi connectivity index (χ0) is 80.3. The number of anilines is 3. The molecule has 3 aliphatic heterocycles. The lowest BCUT2D eigenvalue weighted by atomic mass is 10.1. The topological polar surface area (TPSA) is 442 Å². The minimum absolute atomic E-state index is 0.0299. The van der Waals surface area contributed by atoms with E-state index < -0.39 is 114 Å². The van der Waals surface area contributed by atoms with Gasteiger partial charge in [-0.25, -0.2) is 63.9 Å². The average Bonchev–Trinajstić information content (AvgIpc) is 0.760. The summed E-state index contributed by atoms with van der Waals surface area (Å²) in [6.45, 7) is 1.55. The van der Waals surface area contributed by atoms with Crippen molar-refractivity contribution in [3.8, 4) is 17.1 Å². The van der Waals surface area contributed by atoms with Gasteiger partial charge in [0.25, 0.3) is 0 Å². The molecule has 12 rings (SSSR count). The molecule has 0 radical (unpaired) electrons. The van der Waals surface area contributed by atoms with Crippen molar-refractivity contribution < 1.29 is 69.2 Å². The van der Waals surface area contributed by atoms with Gasteiger partial charge in [0.15, 0.2) is 70.3 Å². The van der Waals surface area contributed by atoms with E-state index in [0.717, 1.165) is 86.9 Å². The number of pyridine rings is 5. The molecule has 33 nitrogen and oxygen atoms in total. The van der Waals surface area contributed by atoms with Gasteiger partial charge < -0.3 is 65.2 Å². The molecule has 3 fully saturated rings. The van der Waals surface area contributed by atoms with Crippen LogP contribution >= 0.6 is 0 Å². The molecule has 15 N–H and O–H groups in total. The second-order valence-electron chi connectivity index (χ2n) is 25.7. The molecule has 0 bridgehead atoms. The summed E-state index contributed by atoms with van der Waals surface area (Å²) in [5.41, 5.74) is -7.49. The summed E-state index contributed by atoms with van der Waals surface area (Å²) in [7, 11) is 0. The van der Waals surface area contributed by atoms with E-state index in [-0.39, 0.29) is 210 Å². The van der Waals surface area contributed by atoms with Crippen LogP contribution in [0.2, 0.25) is 0 Å². The van der Waals surface area contributed by atoms with Crippen LogP contribution in [0.1, 0.15) is 31.1 Å². The second kappa shape index (κ2) is 32.5. The van der Waals surface area contributed by atoms with E-state index in [1.165, 1.54) is 25.7 Å². The van der Waals surface area contributed by atoms with Gasteiger partial charge >= 0.3 is 17.9 Å². The number of guanidine groups is 6. The number of aromatic carboxylic acids is 3. The van der Waals surface area contributed by atoms with Crippen molar-refractivity contribution in [3.63, 3.8) is 0 Å². The van der Waals surface area contributed by atoms with Gasteiger partial charge in [-0.1, -0.05) is 0 Å². The van der Waals surface area contributed by atoms with Crippen LogP contribution in [0.25, 0.3) is 50.0 Å². The van der Waals surface area contributed by atoms with Gasteiger partial charge in [0.1, 0.15) is 57.4 Å². The third kappa shape index (κ3) is 16.6. The lowest BCUT2D eigenvalue weighted by molar-refractivity contribution is 0.0684. The Hall–Kier alpha value is -13.8. The van der Waals surface area contributed by atoms with Crippen molar-refractivity contribution in [3.05, 3.63) is 197 Å². The molecule has 3 aliphatic rings. The van der Waals surface area contributed by atoms with Crippen LogP contribution in [0.3, 0.4) is 0 Å². The molecule has 0 amide bonds. The Bertz CT molecular complexity index is 5040. The minimum Gasteiger partial charge on any atom is -0.477 e. The van der Waals surface area contributed by atoms with Crippen LogP contribution in [0.4, 0.5) is 56.8 Å². The number of nitrogens with one attached hydrogen (secondary N) is 12. The van der Waals surface area contributed by atoms with E-state index in [4.69, 9.17) is 32.5 Å². The largest absolute Gasteiger partial charge is 0.477 e. The number of nitrogens with zero attached hydrogens (tertiary/aromatic N) is 12. The molecule has 0 aliphatic carbocycles. The van der Waals surface area contributed by atoms with Crippen molar-refractivity contribution in [2.24, 2.45) is 0 Å². The number of benzene rings is 4. The Balaban J connectivity index is 0.657. The molecule has 0 spiro atoms. The number of carboxylic acids is 3. The maximum absolute atomic E-state index is 16.0. The molecule has 584 valence electrons. The molecule has 9 aromatic rings. The standard InChI is InChI=1S/C70H67F9N24O9/c71-35-1-4-50(44(74)25-35)101-32-41(62(107)108)55(104)38-28-47(77)54(31-53(38)101)95-13-19-98(20-14-95)68(83)91-65(80)86-7-10-94(11-8-87-66(81)92-69(84)99-21-15-96(16-22-99)60-48(78)29-39-56(105)42(63(109)110)33-102(58(39)89-60)51-5-2-36(72)26-45(51)75)12-9-88-67(82)93-70(85)100-23-17-97(18-24-100)61-49(79)30-40-57(106)43(64(111)112)34-103(59(40)90-61)52-6-3-37(73)27-46(52)76/h1-6,25-34H,7-24H2,(H,107,108)(H,109,110)(H,111,112)(H4,80,83,86,91)(H4,81,84,87,92)(H4,82,85,88,93). The summed E-state index contributed by atoms with van der Waals surface area (Å²) in [4.78, 5) is 95.5. The maximum Gasteiger partial charge on any atom is 0.341 e. The van der Waals surface area contributed by atoms with Gasteiger partial charge in [-0.15, -0.1) is 0 Å². The Morgan fingerprint density at radius 1 is 0.384 bits per heavy atom. The summed E-state index contributed by atoms with van der Waals surface area (Å²) in [6, 6.07) is 11.1. The highest BCUT2D eigenvalue weighted by molar-refractivity contribution is 5.99. The zero-order valence-electron chi connectivity index (χ0n) is 58.5. The zero-order valence-corrected chi connectivity index (χ0v) is 58.5. The van der Waals surface area contributed by atoms with E-state index in [1.54, 1.807) is 9.80 Å². The molecule has 3 saturated heterocycles. The first kappa shape index (κ1) is 77.8. The van der Waals surface area contributed by atoms with Crippen LogP contribution in [0.15, 0.2) is 112 Å². The molecular formula is C70H67F9N24O9. The number of aromatic nitrogens is 5. The fourth-order valence-electron chi connectivity index (χ4n) is 13.0. The number of piperazine rings is 3. The first-order chi connectivity index (χ1) is 53.4. The number of rotatable bonds is 18. The fraction of sp³-hybridized carbons (Fsp3) is 0.257. The molecule has 112 heavy (non-hydrogen) atoms. The predicted molar refractivity (Wildman–Crippen MR) is 392 cm³/mol. The van der Waals surface area contributed by atoms with Crippen molar-refractivity contribution >= 4 is 104 Å². The first-order valence-electron chi connectivity index (χ1n) is 34.1. The number of hydrogen-bond donors (Lipinski definition) is 15. The van der Waals surface area contributed by atoms with Crippen LogP contribution in [0, 0.1) is 84.8 Å². The van der Waals surface area contributed by atoms with Crippen LogP contribution in [-0.2, 0) is 0 Å². The molecule has 0 unspecified atom stereocenters. The summed E-state index contributed by atoms with van der Waals surface area (Å²) in [5, 5.41) is 97.1. The van der Waals surface area contributed by atoms with Gasteiger partial charge in [0.05, 0.1) is 39.0 Å². The van der Waals surface area contributed by atoms with E-state index in [1.807, 2.05) is 4.90 Å². The predicted octanol–water partition coefficient (Wildman–Crippen LogP) is 3.95. The third-order valence-corrected chi connectivity index (χ3v) is 18.7. The lowest BCUT2D eigenvalue weighted by Gasteiger charge is -2.37. The number of carbonyl (C=O) groups is 3. The first-order valence-corrected chi connectivity index (χ1v) is 34.1. The smallest absolute Gasteiger partial charge is 0.341 e. The molecule has 0 saturated carbocycles. The lowest BCUT2D eigenvalue weighted by Crippen LogP contribution is -2.56. The van der Waals surface area contributed by atoms with Gasteiger partial charge in [-0.05, 0) is 60.7 Å². The number of halogens is 9.